The summed E-state index contributed by atoms with van der Waals surface area (Å²) in [5.41, 5.74) is 9.13. The largest absolute Gasteiger partial charge is 0.487 e. The van der Waals surface area contributed by atoms with Crippen molar-refractivity contribution in [3.05, 3.63) is 33.6 Å². The summed E-state index contributed by atoms with van der Waals surface area (Å²) in [7, 11) is 1.69. The fraction of sp³-hybridized carbons (Fsp3) is 0.375. The van der Waals surface area contributed by atoms with Gasteiger partial charge in [0.25, 0.3) is 0 Å². The summed E-state index contributed by atoms with van der Waals surface area (Å²) >= 11 is 3.40. The molecule has 1 atom stereocenters. The van der Waals surface area contributed by atoms with Gasteiger partial charge in [0.1, 0.15) is 5.52 Å². The zero-order valence-corrected chi connectivity index (χ0v) is 15.1. The minimum atomic E-state index is 0.143. The van der Waals surface area contributed by atoms with Gasteiger partial charge in [-0.2, -0.15) is 5.10 Å². The number of nitrogens with one attached hydrogen (secondary N) is 1. The fourth-order valence-corrected chi connectivity index (χ4v) is 4.54. The Morgan fingerprint density at radius 2 is 2.17 bits per heavy atom. The van der Waals surface area contributed by atoms with Crippen molar-refractivity contribution in [2.24, 2.45) is 5.73 Å². The maximum Gasteiger partial charge on any atom is 0.173 e. The number of nitrogens with two attached hydrogens (primary N) is 1. The van der Waals surface area contributed by atoms with Gasteiger partial charge in [-0.05, 0) is 38.0 Å². The van der Waals surface area contributed by atoms with Crippen LogP contribution in [0.2, 0.25) is 0 Å². The molecule has 3 aromatic rings. The van der Waals surface area contributed by atoms with E-state index in [2.05, 4.69) is 28.5 Å². The lowest BCUT2D eigenvalue weighted by molar-refractivity contribution is 0.427. The number of fused-ring (bicyclic) bond motifs is 1. The first-order chi connectivity index (χ1) is 11.1. The Hall–Kier alpha value is -1.70. The number of hydrogen-bond acceptors (Lipinski definition) is 7. The van der Waals surface area contributed by atoms with E-state index < -0.39 is 0 Å². The van der Waals surface area contributed by atoms with Crippen LogP contribution in [0.4, 0.5) is 5.69 Å². The Kier molecular flexibility index (Phi) is 4.79. The Labute approximate surface area is 143 Å². The van der Waals surface area contributed by atoms with E-state index in [9.17, 15) is 0 Å². The maximum atomic E-state index is 5.95. The highest BCUT2D eigenvalue weighted by Crippen LogP contribution is 2.35. The van der Waals surface area contributed by atoms with Crippen LogP contribution in [-0.4, -0.2) is 23.3 Å². The molecule has 0 amide bonds. The monoisotopic (exact) mass is 348 g/mol. The molecule has 0 aliphatic rings. The second-order valence-corrected chi connectivity index (χ2v) is 7.78. The highest BCUT2D eigenvalue weighted by molar-refractivity contribution is 7.19. The summed E-state index contributed by atoms with van der Waals surface area (Å²) < 4.78 is 6.38. The van der Waals surface area contributed by atoms with E-state index in [0.717, 1.165) is 33.9 Å². The third kappa shape index (κ3) is 3.46. The van der Waals surface area contributed by atoms with E-state index in [-0.39, 0.29) is 6.04 Å². The van der Waals surface area contributed by atoms with Gasteiger partial charge in [-0.15, -0.1) is 27.8 Å². The molecular weight excluding hydrogens is 328 g/mol. The molecule has 0 saturated carbocycles. The van der Waals surface area contributed by atoms with Crippen molar-refractivity contribution >= 4 is 38.6 Å². The lowest BCUT2D eigenvalue weighted by Crippen LogP contribution is -2.17. The quantitative estimate of drug-likeness (QED) is 0.712. The van der Waals surface area contributed by atoms with E-state index >= 15 is 0 Å². The van der Waals surface area contributed by atoms with Crippen molar-refractivity contribution < 1.29 is 4.74 Å². The summed E-state index contributed by atoms with van der Waals surface area (Å²) in [6.07, 6.45) is 2.66. The van der Waals surface area contributed by atoms with Crippen molar-refractivity contribution in [1.82, 2.24) is 10.2 Å². The molecule has 122 valence electrons. The lowest BCUT2D eigenvalue weighted by atomic mass is 10.1. The van der Waals surface area contributed by atoms with E-state index in [0.29, 0.717) is 0 Å². The number of aromatic nitrogens is 2. The Morgan fingerprint density at radius 1 is 1.35 bits per heavy atom. The van der Waals surface area contributed by atoms with Gasteiger partial charge in [0, 0.05) is 22.3 Å². The van der Waals surface area contributed by atoms with Crippen LogP contribution in [0.3, 0.4) is 0 Å². The Morgan fingerprint density at radius 3 is 2.87 bits per heavy atom. The summed E-state index contributed by atoms with van der Waals surface area (Å²) in [5.74, 6) is 0. The van der Waals surface area contributed by atoms with Gasteiger partial charge in [-0.1, -0.05) is 0 Å². The first-order valence-electron chi connectivity index (χ1n) is 7.44. The molecule has 5 nitrogen and oxygen atoms in total. The van der Waals surface area contributed by atoms with Gasteiger partial charge in [-0.3, -0.25) is 0 Å². The summed E-state index contributed by atoms with van der Waals surface area (Å²) in [6, 6.07) is 4.20. The highest BCUT2D eigenvalue weighted by Gasteiger charge is 2.14. The Balaban J connectivity index is 1.85. The van der Waals surface area contributed by atoms with Crippen LogP contribution in [0.25, 0.3) is 10.2 Å². The molecular formula is C16H20N4OS2. The average molecular weight is 348 g/mol. The van der Waals surface area contributed by atoms with Gasteiger partial charge >= 0.3 is 0 Å². The summed E-state index contributed by atoms with van der Waals surface area (Å²) in [4.78, 5) is 2.51. The molecule has 3 N–H and O–H groups in total. The number of thiophene rings is 2. The second kappa shape index (κ2) is 6.82. The van der Waals surface area contributed by atoms with Crippen molar-refractivity contribution in [2.45, 2.75) is 32.9 Å². The first kappa shape index (κ1) is 16.2. The minimum Gasteiger partial charge on any atom is -0.487 e. The smallest absolute Gasteiger partial charge is 0.173 e. The van der Waals surface area contributed by atoms with Crippen molar-refractivity contribution in [2.75, 3.05) is 12.4 Å². The molecule has 0 aromatic carbocycles. The average Bonchev–Trinajstić information content (AvgIpc) is 3.11. The van der Waals surface area contributed by atoms with E-state index in [1.165, 1.54) is 15.3 Å². The molecule has 3 aromatic heterocycles. The number of methoxy groups -OCH3 is 1. The molecule has 7 heteroatoms. The third-order valence-corrected chi connectivity index (χ3v) is 5.98. The lowest BCUT2D eigenvalue weighted by Gasteiger charge is -2.04. The second-order valence-electron chi connectivity index (χ2n) is 5.55. The van der Waals surface area contributed by atoms with Crippen molar-refractivity contribution in [3.8, 4) is 5.06 Å². The highest BCUT2D eigenvalue weighted by atomic mass is 32.1. The van der Waals surface area contributed by atoms with Gasteiger partial charge in [0.05, 0.1) is 23.7 Å². The van der Waals surface area contributed by atoms with Crippen LogP contribution < -0.4 is 15.8 Å². The van der Waals surface area contributed by atoms with Crippen molar-refractivity contribution in [1.29, 1.82) is 0 Å². The van der Waals surface area contributed by atoms with Crippen LogP contribution in [0.15, 0.2) is 18.3 Å². The first-order valence-corrected chi connectivity index (χ1v) is 9.07. The molecule has 0 radical (unpaired) electrons. The molecule has 0 aliphatic heterocycles. The maximum absolute atomic E-state index is 5.95. The molecule has 0 aliphatic carbocycles. The van der Waals surface area contributed by atoms with Crippen LogP contribution >= 0.6 is 22.7 Å². The molecule has 0 spiro atoms. The standard InChI is InChI=1S/C16H20N4OS2/c1-9(17)6-13-10(2)15-16(23-13)12(8-19-20-15)18-7-11-4-5-14(21-3)22-11/h4-5,8-9H,6-7,17H2,1-3H3,(H,18,20)/t9-/m0/s1. The number of rotatable bonds is 6. The number of hydrogen-bond donors (Lipinski definition) is 2. The predicted octanol–water partition coefficient (Wildman–Crippen LogP) is 3.57. The molecule has 0 fully saturated rings. The normalized spacial score (nSPS) is 12.5. The summed E-state index contributed by atoms with van der Waals surface area (Å²) in [5, 5.41) is 12.8. The Bertz CT molecular complexity index is 810. The topological polar surface area (TPSA) is 73.1 Å². The van der Waals surface area contributed by atoms with Gasteiger partial charge in [0.2, 0.25) is 0 Å². The molecule has 3 heterocycles. The number of aryl methyl sites for hydroxylation is 1. The zero-order valence-electron chi connectivity index (χ0n) is 13.4. The van der Waals surface area contributed by atoms with Crippen LogP contribution in [0, 0.1) is 6.92 Å². The van der Waals surface area contributed by atoms with Crippen LogP contribution in [0.1, 0.15) is 22.2 Å². The van der Waals surface area contributed by atoms with Gasteiger partial charge < -0.3 is 15.8 Å². The summed E-state index contributed by atoms with van der Waals surface area (Å²) in [6.45, 7) is 4.87. The molecule has 0 saturated heterocycles. The molecule has 0 bridgehead atoms. The molecule has 23 heavy (non-hydrogen) atoms. The van der Waals surface area contributed by atoms with E-state index in [1.54, 1.807) is 36.0 Å². The van der Waals surface area contributed by atoms with Crippen molar-refractivity contribution in [3.63, 3.8) is 0 Å². The van der Waals surface area contributed by atoms with Gasteiger partial charge in [0.15, 0.2) is 5.06 Å². The van der Waals surface area contributed by atoms with E-state index in [1.807, 2.05) is 13.0 Å². The fourth-order valence-electron chi connectivity index (χ4n) is 2.41. The molecule has 3 rings (SSSR count). The minimum absolute atomic E-state index is 0.143. The number of anilines is 1. The van der Waals surface area contributed by atoms with Gasteiger partial charge in [-0.25, -0.2) is 0 Å². The number of nitrogens with zero attached hydrogens (tertiary/aromatic N) is 2. The number of ether oxygens (including phenoxy) is 1. The zero-order chi connectivity index (χ0) is 16.4. The molecule has 0 unspecified atom stereocenters. The van der Waals surface area contributed by atoms with E-state index in [4.69, 9.17) is 10.5 Å². The third-order valence-electron chi connectivity index (χ3n) is 3.60. The SMILES string of the molecule is COc1ccc(CNc2cnnc3c(C)c(C[C@H](C)N)sc23)s1. The van der Waals surface area contributed by atoms with Crippen LogP contribution in [-0.2, 0) is 13.0 Å². The predicted molar refractivity (Wildman–Crippen MR) is 97.7 cm³/mol. The van der Waals surface area contributed by atoms with Crippen LogP contribution in [0.5, 0.6) is 5.06 Å².